The lowest BCUT2D eigenvalue weighted by molar-refractivity contribution is 0.0923. The molecule has 1 aliphatic rings. The molecule has 1 heterocycles. The van der Waals surface area contributed by atoms with Crippen molar-refractivity contribution in [2.45, 2.75) is 51.0 Å². The van der Waals surface area contributed by atoms with Gasteiger partial charge in [-0.3, -0.25) is 4.79 Å². The average molecular weight is 264 g/mol. The molecule has 0 aliphatic heterocycles. The Morgan fingerprint density at radius 3 is 2.72 bits per heavy atom. The average Bonchev–Trinajstić information content (AvgIpc) is 2.97. The number of hydrogen-bond donors (Lipinski definition) is 1. The molecule has 6 heteroatoms. The first kappa shape index (κ1) is 13.0. The van der Waals surface area contributed by atoms with Gasteiger partial charge in [0, 0.05) is 0 Å². The highest BCUT2D eigenvalue weighted by atomic mass is 32.1. The monoisotopic (exact) mass is 264 g/mol. The molecule has 0 spiro atoms. The number of rotatable bonds is 3. The van der Waals surface area contributed by atoms with Crippen LogP contribution in [0.3, 0.4) is 0 Å². The molecule has 0 aromatic carbocycles. The number of carbonyl (C=O) groups is 1. The zero-order valence-electron chi connectivity index (χ0n) is 10.6. The van der Waals surface area contributed by atoms with Gasteiger partial charge in [-0.25, -0.2) is 0 Å². The fourth-order valence-corrected chi connectivity index (χ4v) is 2.96. The Balaban J connectivity index is 2.17. The first-order valence-electron chi connectivity index (χ1n) is 6.14. The van der Waals surface area contributed by atoms with Gasteiger partial charge in [-0.15, -0.1) is 5.10 Å². The fourth-order valence-electron chi connectivity index (χ4n) is 2.25. The van der Waals surface area contributed by atoms with Gasteiger partial charge in [0.15, 0.2) is 0 Å². The van der Waals surface area contributed by atoms with E-state index in [4.69, 9.17) is 0 Å². The van der Waals surface area contributed by atoms with E-state index in [0.29, 0.717) is 10.6 Å². The zero-order chi connectivity index (χ0) is 13.2. The summed E-state index contributed by atoms with van der Waals surface area (Å²) in [7, 11) is 0. The van der Waals surface area contributed by atoms with Gasteiger partial charge in [0.1, 0.15) is 10.4 Å². The quantitative estimate of drug-likeness (QED) is 0.908. The maximum atomic E-state index is 12.2. The molecule has 1 aromatic heterocycles. The number of carbonyl (C=O) groups excluding carboxylic acids is 1. The third kappa shape index (κ3) is 2.36. The fraction of sp³-hybridized carbons (Fsp3) is 0.667. The molecule has 1 fully saturated rings. The molecule has 0 unspecified atom stereocenters. The molecular formula is C12H16N4OS. The molecule has 2 rings (SSSR count). The Hall–Kier alpha value is -1.48. The van der Waals surface area contributed by atoms with Gasteiger partial charge < -0.3 is 5.32 Å². The third-order valence-electron chi connectivity index (χ3n) is 3.29. The van der Waals surface area contributed by atoms with Crippen LogP contribution in [0.1, 0.15) is 60.8 Å². The van der Waals surface area contributed by atoms with E-state index >= 15 is 0 Å². The summed E-state index contributed by atoms with van der Waals surface area (Å²) in [4.78, 5) is 12.8. The normalized spacial score (nSPS) is 17.7. The minimum absolute atomic E-state index is 0.158. The summed E-state index contributed by atoms with van der Waals surface area (Å²) in [6.45, 7) is 3.95. The van der Waals surface area contributed by atoms with Crippen molar-refractivity contribution in [1.82, 2.24) is 14.9 Å². The van der Waals surface area contributed by atoms with Crippen LogP contribution in [0.25, 0.3) is 0 Å². The topological polar surface area (TPSA) is 78.7 Å². The second kappa shape index (κ2) is 5.02. The van der Waals surface area contributed by atoms with Crippen molar-refractivity contribution in [3.05, 3.63) is 10.6 Å². The van der Waals surface area contributed by atoms with E-state index < -0.39 is 5.54 Å². The number of amides is 1. The molecule has 1 amide bonds. The first-order chi connectivity index (χ1) is 8.58. The molecular weight excluding hydrogens is 248 g/mol. The van der Waals surface area contributed by atoms with Gasteiger partial charge in [0.05, 0.1) is 11.8 Å². The van der Waals surface area contributed by atoms with Gasteiger partial charge in [-0.1, -0.05) is 18.3 Å². The number of aromatic nitrogens is 2. The van der Waals surface area contributed by atoms with Gasteiger partial charge in [0.25, 0.3) is 5.91 Å². The van der Waals surface area contributed by atoms with E-state index in [2.05, 4.69) is 21.0 Å². The smallest absolute Gasteiger partial charge is 0.266 e. The van der Waals surface area contributed by atoms with Crippen molar-refractivity contribution >= 4 is 17.4 Å². The minimum Gasteiger partial charge on any atom is -0.333 e. The number of nitrogens with one attached hydrogen (secondary N) is 1. The lowest BCUT2D eigenvalue weighted by Gasteiger charge is -2.21. The standard InChI is InChI=1S/C12H16N4OS/c1-8(2)9-10(18-16-15-9)11(17)14-12(7-13)5-3-4-6-12/h8H,3-6H2,1-2H3,(H,14,17). The van der Waals surface area contributed by atoms with E-state index in [0.717, 1.165) is 37.2 Å². The Kier molecular flexibility index (Phi) is 3.62. The van der Waals surface area contributed by atoms with E-state index in [9.17, 15) is 10.1 Å². The van der Waals surface area contributed by atoms with Gasteiger partial charge in [-0.2, -0.15) is 5.26 Å². The zero-order valence-corrected chi connectivity index (χ0v) is 11.4. The van der Waals surface area contributed by atoms with Crippen LogP contribution in [0, 0.1) is 11.3 Å². The van der Waals surface area contributed by atoms with Crippen LogP contribution in [-0.2, 0) is 0 Å². The van der Waals surface area contributed by atoms with Crippen LogP contribution in [0.2, 0.25) is 0 Å². The highest BCUT2D eigenvalue weighted by Crippen LogP contribution is 2.30. The van der Waals surface area contributed by atoms with Crippen molar-refractivity contribution in [2.24, 2.45) is 0 Å². The van der Waals surface area contributed by atoms with Crippen LogP contribution in [0.15, 0.2) is 0 Å². The predicted octanol–water partition coefficient (Wildman–Crippen LogP) is 2.23. The van der Waals surface area contributed by atoms with E-state index in [1.54, 1.807) is 0 Å². The van der Waals surface area contributed by atoms with Crippen LogP contribution < -0.4 is 5.32 Å². The molecule has 0 saturated heterocycles. The van der Waals surface area contributed by atoms with Crippen molar-refractivity contribution in [3.8, 4) is 6.07 Å². The second-order valence-corrected chi connectivity index (χ2v) is 5.75. The number of hydrogen-bond acceptors (Lipinski definition) is 5. The maximum Gasteiger partial charge on any atom is 0.266 e. The van der Waals surface area contributed by atoms with Crippen molar-refractivity contribution in [2.75, 3.05) is 0 Å². The Morgan fingerprint density at radius 1 is 1.50 bits per heavy atom. The molecule has 18 heavy (non-hydrogen) atoms. The van der Waals surface area contributed by atoms with Crippen molar-refractivity contribution < 1.29 is 4.79 Å². The number of nitrogens with zero attached hydrogens (tertiary/aromatic N) is 3. The summed E-state index contributed by atoms with van der Waals surface area (Å²) >= 11 is 1.10. The van der Waals surface area contributed by atoms with E-state index in [-0.39, 0.29) is 11.8 Å². The van der Waals surface area contributed by atoms with Crippen LogP contribution >= 0.6 is 11.5 Å². The Labute approximate surface area is 110 Å². The summed E-state index contributed by atoms with van der Waals surface area (Å²) in [5, 5.41) is 16.1. The maximum absolute atomic E-state index is 12.2. The highest BCUT2D eigenvalue weighted by Gasteiger charge is 2.36. The predicted molar refractivity (Wildman–Crippen MR) is 68.3 cm³/mol. The molecule has 5 nitrogen and oxygen atoms in total. The second-order valence-electron chi connectivity index (χ2n) is 5.00. The lowest BCUT2D eigenvalue weighted by atomic mass is 9.99. The van der Waals surface area contributed by atoms with Crippen molar-refractivity contribution in [3.63, 3.8) is 0 Å². The van der Waals surface area contributed by atoms with Crippen LogP contribution in [-0.4, -0.2) is 21.0 Å². The van der Waals surface area contributed by atoms with E-state index in [1.807, 2.05) is 13.8 Å². The molecule has 0 bridgehead atoms. The van der Waals surface area contributed by atoms with Crippen LogP contribution in [0.4, 0.5) is 0 Å². The van der Waals surface area contributed by atoms with Gasteiger partial charge in [-0.05, 0) is 43.1 Å². The van der Waals surface area contributed by atoms with Gasteiger partial charge >= 0.3 is 0 Å². The number of nitriles is 1. The highest BCUT2D eigenvalue weighted by molar-refractivity contribution is 7.08. The lowest BCUT2D eigenvalue weighted by Crippen LogP contribution is -2.45. The summed E-state index contributed by atoms with van der Waals surface area (Å²) < 4.78 is 3.84. The largest absolute Gasteiger partial charge is 0.333 e. The SMILES string of the molecule is CC(C)c1nnsc1C(=O)NC1(C#N)CCCC1. The summed E-state index contributed by atoms with van der Waals surface area (Å²) in [5.74, 6) is -0.0525. The Bertz CT molecular complexity index is 483. The third-order valence-corrected chi connectivity index (χ3v) is 4.03. The van der Waals surface area contributed by atoms with Crippen LogP contribution in [0.5, 0.6) is 0 Å². The molecule has 1 saturated carbocycles. The van der Waals surface area contributed by atoms with E-state index in [1.165, 1.54) is 0 Å². The first-order valence-corrected chi connectivity index (χ1v) is 6.91. The Morgan fingerprint density at radius 2 is 2.17 bits per heavy atom. The van der Waals surface area contributed by atoms with Crippen molar-refractivity contribution in [1.29, 1.82) is 5.26 Å². The molecule has 1 aliphatic carbocycles. The minimum atomic E-state index is -0.685. The molecule has 96 valence electrons. The summed E-state index contributed by atoms with van der Waals surface area (Å²) in [5.41, 5.74) is 0.0265. The molecule has 0 atom stereocenters. The molecule has 0 radical (unpaired) electrons. The molecule has 1 N–H and O–H groups in total. The molecule has 1 aromatic rings. The summed E-state index contributed by atoms with van der Waals surface area (Å²) in [6.07, 6.45) is 3.45. The van der Waals surface area contributed by atoms with Gasteiger partial charge in [0.2, 0.25) is 0 Å². The summed E-state index contributed by atoms with van der Waals surface area (Å²) in [6, 6.07) is 2.25.